The van der Waals surface area contributed by atoms with Crippen molar-refractivity contribution in [1.29, 1.82) is 0 Å². The molecule has 4 rings (SSSR count). The number of rotatable bonds is 8. The highest BCUT2D eigenvalue weighted by Gasteiger charge is 2.42. The third kappa shape index (κ3) is 6.12. The van der Waals surface area contributed by atoms with Crippen LogP contribution in [0.4, 0.5) is 0 Å². The standard InChI is InChI=1S/C31H37NO3/c1-22-14-19-27(31(2,3)25-12-8-5-9-13-25)28(20-22)35-30(34)29(24-15-17-26(33)18-16-24)32-21-23-10-6-4-7-11-23/h4-13,15-18,22,27-29,32-33H,14,19-21H2,1-3H3/t22-,27-,28-,29?/m1/s1. The van der Waals surface area contributed by atoms with Gasteiger partial charge in [0.05, 0.1) is 0 Å². The molecule has 1 aliphatic carbocycles. The van der Waals surface area contributed by atoms with Crippen molar-refractivity contribution in [3.8, 4) is 5.75 Å². The maximum absolute atomic E-state index is 13.7. The summed E-state index contributed by atoms with van der Waals surface area (Å²) in [6.45, 7) is 7.34. The number of nitrogens with one attached hydrogen (secondary N) is 1. The van der Waals surface area contributed by atoms with E-state index in [9.17, 15) is 9.90 Å². The second-order valence-electron chi connectivity index (χ2n) is 10.5. The van der Waals surface area contributed by atoms with Crippen LogP contribution in [0.2, 0.25) is 0 Å². The van der Waals surface area contributed by atoms with Crippen LogP contribution < -0.4 is 5.32 Å². The smallest absolute Gasteiger partial charge is 0.328 e. The Morgan fingerprint density at radius 1 is 0.971 bits per heavy atom. The molecular weight excluding hydrogens is 434 g/mol. The highest BCUT2D eigenvalue weighted by molar-refractivity contribution is 5.78. The van der Waals surface area contributed by atoms with E-state index in [-0.39, 0.29) is 29.2 Å². The number of phenols is 1. The minimum atomic E-state index is -0.617. The van der Waals surface area contributed by atoms with Crippen molar-refractivity contribution >= 4 is 5.97 Å². The number of ether oxygens (including phenoxy) is 1. The zero-order valence-electron chi connectivity index (χ0n) is 21.0. The Kier molecular flexibility index (Phi) is 7.92. The van der Waals surface area contributed by atoms with E-state index in [1.54, 1.807) is 24.3 Å². The van der Waals surface area contributed by atoms with Gasteiger partial charge in [-0.2, -0.15) is 0 Å². The van der Waals surface area contributed by atoms with Crippen molar-refractivity contribution in [2.75, 3.05) is 0 Å². The first-order valence-corrected chi connectivity index (χ1v) is 12.7. The van der Waals surface area contributed by atoms with Crippen LogP contribution in [0.5, 0.6) is 5.75 Å². The van der Waals surface area contributed by atoms with E-state index in [1.165, 1.54) is 5.56 Å². The van der Waals surface area contributed by atoms with E-state index in [0.717, 1.165) is 30.4 Å². The molecule has 0 bridgehead atoms. The zero-order valence-corrected chi connectivity index (χ0v) is 21.0. The van der Waals surface area contributed by atoms with Crippen LogP contribution in [0.25, 0.3) is 0 Å². The summed E-state index contributed by atoms with van der Waals surface area (Å²) >= 11 is 0. The molecule has 0 saturated heterocycles. The highest BCUT2D eigenvalue weighted by Crippen LogP contribution is 2.44. The monoisotopic (exact) mass is 471 g/mol. The molecule has 0 aromatic heterocycles. The van der Waals surface area contributed by atoms with Crippen LogP contribution in [0.1, 0.15) is 62.8 Å². The lowest BCUT2D eigenvalue weighted by Crippen LogP contribution is -2.45. The molecule has 3 aromatic rings. The van der Waals surface area contributed by atoms with Gasteiger partial charge < -0.3 is 9.84 Å². The summed E-state index contributed by atoms with van der Waals surface area (Å²) in [5.41, 5.74) is 3.04. The number of aromatic hydroxyl groups is 1. The Hall–Kier alpha value is -3.11. The van der Waals surface area contributed by atoms with Crippen LogP contribution >= 0.6 is 0 Å². The van der Waals surface area contributed by atoms with E-state index < -0.39 is 6.04 Å². The summed E-state index contributed by atoms with van der Waals surface area (Å²) in [5, 5.41) is 13.2. The molecule has 4 heteroatoms. The zero-order chi connectivity index (χ0) is 24.8. The minimum absolute atomic E-state index is 0.113. The van der Waals surface area contributed by atoms with E-state index in [1.807, 2.05) is 36.4 Å². The lowest BCUT2D eigenvalue weighted by atomic mass is 9.64. The maximum Gasteiger partial charge on any atom is 0.328 e. The lowest BCUT2D eigenvalue weighted by Gasteiger charge is -2.44. The van der Waals surface area contributed by atoms with Gasteiger partial charge in [-0.15, -0.1) is 0 Å². The Morgan fingerprint density at radius 2 is 1.60 bits per heavy atom. The second kappa shape index (κ2) is 11.1. The van der Waals surface area contributed by atoms with Crippen LogP contribution in [0, 0.1) is 11.8 Å². The molecule has 184 valence electrons. The first-order chi connectivity index (χ1) is 16.8. The second-order valence-corrected chi connectivity index (χ2v) is 10.5. The summed E-state index contributed by atoms with van der Waals surface area (Å²) in [7, 11) is 0. The van der Waals surface area contributed by atoms with Crippen molar-refractivity contribution in [1.82, 2.24) is 5.32 Å². The van der Waals surface area contributed by atoms with Crippen molar-refractivity contribution in [3.05, 3.63) is 102 Å². The summed E-state index contributed by atoms with van der Waals surface area (Å²) < 4.78 is 6.35. The minimum Gasteiger partial charge on any atom is -0.508 e. The fourth-order valence-corrected chi connectivity index (χ4v) is 5.40. The van der Waals surface area contributed by atoms with Gasteiger partial charge in [0.25, 0.3) is 0 Å². The third-order valence-electron chi connectivity index (χ3n) is 7.58. The van der Waals surface area contributed by atoms with Gasteiger partial charge in [0, 0.05) is 12.5 Å². The van der Waals surface area contributed by atoms with Gasteiger partial charge in [0.2, 0.25) is 0 Å². The van der Waals surface area contributed by atoms with Crippen LogP contribution in [-0.4, -0.2) is 17.2 Å². The average molecular weight is 472 g/mol. The van der Waals surface area contributed by atoms with Gasteiger partial charge in [-0.1, -0.05) is 100.0 Å². The van der Waals surface area contributed by atoms with Crippen LogP contribution in [-0.2, 0) is 21.5 Å². The molecule has 0 heterocycles. The fraction of sp³-hybridized carbons (Fsp3) is 0.387. The molecule has 3 aromatic carbocycles. The molecule has 4 nitrogen and oxygen atoms in total. The third-order valence-corrected chi connectivity index (χ3v) is 7.58. The molecular formula is C31H37NO3. The van der Waals surface area contributed by atoms with Crippen LogP contribution in [0.15, 0.2) is 84.9 Å². The number of benzene rings is 3. The SMILES string of the molecule is C[C@@H]1CC[C@@H](C(C)(C)c2ccccc2)[C@H](OC(=O)C(NCc2ccccc2)c2ccc(O)cc2)C1. The molecule has 4 atom stereocenters. The summed E-state index contributed by atoms with van der Waals surface area (Å²) in [4.78, 5) is 13.7. The Bertz CT molecular complexity index is 1080. The van der Waals surface area contributed by atoms with Crippen molar-refractivity contribution < 1.29 is 14.6 Å². The van der Waals surface area contributed by atoms with Gasteiger partial charge in [-0.3, -0.25) is 5.32 Å². The number of carbonyl (C=O) groups excluding carboxylic acids is 1. The average Bonchev–Trinajstić information content (AvgIpc) is 2.86. The Morgan fingerprint density at radius 3 is 2.26 bits per heavy atom. The van der Waals surface area contributed by atoms with Gasteiger partial charge in [-0.25, -0.2) is 4.79 Å². The number of hydrogen-bond acceptors (Lipinski definition) is 4. The number of esters is 1. The Balaban J connectivity index is 1.56. The van der Waals surface area contributed by atoms with E-state index in [0.29, 0.717) is 12.5 Å². The lowest BCUT2D eigenvalue weighted by molar-refractivity contribution is -0.159. The molecule has 0 aliphatic heterocycles. The van der Waals surface area contributed by atoms with Crippen molar-refractivity contribution in [2.45, 2.75) is 64.1 Å². The van der Waals surface area contributed by atoms with Gasteiger partial charge in [0.15, 0.2) is 0 Å². The molecule has 35 heavy (non-hydrogen) atoms. The quantitative estimate of drug-likeness (QED) is 0.366. The highest BCUT2D eigenvalue weighted by atomic mass is 16.5. The van der Waals surface area contributed by atoms with Gasteiger partial charge >= 0.3 is 5.97 Å². The normalized spacial score (nSPS) is 21.3. The number of hydrogen-bond donors (Lipinski definition) is 2. The van der Waals surface area contributed by atoms with Crippen LogP contribution in [0.3, 0.4) is 0 Å². The first-order valence-electron chi connectivity index (χ1n) is 12.7. The molecule has 0 spiro atoms. The Labute approximate surface area is 209 Å². The molecule has 1 aliphatic rings. The van der Waals surface area contributed by atoms with Gasteiger partial charge in [0.1, 0.15) is 17.9 Å². The molecule has 2 N–H and O–H groups in total. The maximum atomic E-state index is 13.7. The van der Waals surface area contributed by atoms with Crippen molar-refractivity contribution in [2.24, 2.45) is 11.8 Å². The molecule has 0 amide bonds. The van der Waals surface area contributed by atoms with E-state index in [4.69, 9.17) is 4.74 Å². The topological polar surface area (TPSA) is 58.6 Å². The molecule has 1 unspecified atom stereocenters. The molecule has 0 radical (unpaired) electrons. The number of carbonyl (C=O) groups is 1. The first kappa shape index (κ1) is 25.0. The summed E-state index contributed by atoms with van der Waals surface area (Å²) in [6.07, 6.45) is 2.89. The van der Waals surface area contributed by atoms with E-state index in [2.05, 4.69) is 50.4 Å². The largest absolute Gasteiger partial charge is 0.508 e. The number of phenolic OH excluding ortho intramolecular Hbond substituents is 1. The molecule has 1 saturated carbocycles. The summed E-state index contributed by atoms with van der Waals surface area (Å²) in [5.74, 6) is 0.661. The predicted octanol–water partition coefficient (Wildman–Crippen LogP) is 6.55. The van der Waals surface area contributed by atoms with Gasteiger partial charge in [-0.05, 0) is 53.0 Å². The fourth-order valence-electron chi connectivity index (χ4n) is 5.40. The molecule has 1 fully saturated rings. The summed E-state index contributed by atoms with van der Waals surface area (Å²) in [6, 6.07) is 26.8. The predicted molar refractivity (Wildman–Crippen MR) is 140 cm³/mol. The van der Waals surface area contributed by atoms with Crippen molar-refractivity contribution in [3.63, 3.8) is 0 Å². The van der Waals surface area contributed by atoms with E-state index >= 15 is 0 Å².